The normalized spacial score (nSPS) is 26.4. The van der Waals surface area contributed by atoms with Crippen LogP contribution in [0.15, 0.2) is 4.99 Å². The molecule has 164 valence electrons. The molecule has 2 heterocycles. The molecule has 0 aromatic rings. The average Bonchev–Trinajstić information content (AvgIpc) is 3.17. The van der Waals surface area contributed by atoms with Crippen LogP contribution in [0.3, 0.4) is 0 Å². The number of hydrogen-bond acceptors (Lipinski definition) is 4. The zero-order valence-electron chi connectivity index (χ0n) is 18.0. The molecule has 28 heavy (non-hydrogen) atoms. The summed E-state index contributed by atoms with van der Waals surface area (Å²) in [6.07, 6.45) is 6.55. The lowest BCUT2D eigenvalue weighted by molar-refractivity contribution is 0.00244. The molecule has 2 unspecified atom stereocenters. The molecule has 3 aliphatic rings. The lowest BCUT2D eigenvalue weighted by atomic mass is 9.64. The van der Waals surface area contributed by atoms with Gasteiger partial charge in [-0.3, -0.25) is 9.89 Å². The third kappa shape index (κ3) is 6.71. The van der Waals surface area contributed by atoms with Crippen LogP contribution in [0, 0.1) is 17.3 Å². The van der Waals surface area contributed by atoms with Crippen LogP contribution in [-0.4, -0.2) is 76.6 Å². The van der Waals surface area contributed by atoms with Crippen LogP contribution >= 0.6 is 24.0 Å². The van der Waals surface area contributed by atoms with Gasteiger partial charge in [0.25, 0.3) is 0 Å². The van der Waals surface area contributed by atoms with Gasteiger partial charge in [0.1, 0.15) is 0 Å². The number of morpholine rings is 1. The number of ether oxygens (including phenoxy) is 2. The molecule has 0 aromatic carbocycles. The summed E-state index contributed by atoms with van der Waals surface area (Å²) in [5.41, 5.74) is 0.481. The van der Waals surface area contributed by atoms with Gasteiger partial charge in [0.2, 0.25) is 0 Å². The molecule has 2 atom stereocenters. The Morgan fingerprint density at radius 2 is 1.89 bits per heavy atom. The van der Waals surface area contributed by atoms with E-state index in [2.05, 4.69) is 34.4 Å². The molecule has 3 fully saturated rings. The summed E-state index contributed by atoms with van der Waals surface area (Å²) in [6, 6.07) is 0.489. The molecule has 0 amide bonds. The summed E-state index contributed by atoms with van der Waals surface area (Å²) >= 11 is 0. The highest BCUT2D eigenvalue weighted by Crippen LogP contribution is 2.45. The molecule has 0 bridgehead atoms. The van der Waals surface area contributed by atoms with Crippen molar-refractivity contribution in [1.82, 2.24) is 15.5 Å². The Kier molecular flexibility index (Phi) is 10.3. The standard InChI is InChI=1S/C21H40N4O2.HI/c1-17(2)13-21(6-4-7-21)16-24-20(22-3)23-14-19(18-5-10-27-15-18)25-8-11-26-12-9-25;/h17-19H,4-16H2,1-3H3,(H2,22,23,24);1H. The quantitative estimate of drug-likeness (QED) is 0.300. The second-order valence-electron chi connectivity index (χ2n) is 9.10. The molecule has 1 aliphatic carbocycles. The monoisotopic (exact) mass is 508 g/mol. The number of nitrogens with zero attached hydrogens (tertiary/aromatic N) is 2. The maximum absolute atomic E-state index is 5.68. The fraction of sp³-hybridized carbons (Fsp3) is 0.952. The van der Waals surface area contributed by atoms with Crippen LogP contribution in [0.25, 0.3) is 0 Å². The zero-order valence-corrected chi connectivity index (χ0v) is 20.4. The molecule has 0 aromatic heterocycles. The van der Waals surface area contributed by atoms with Crippen LogP contribution in [0.1, 0.15) is 46.0 Å². The van der Waals surface area contributed by atoms with Crippen molar-refractivity contribution in [3.8, 4) is 0 Å². The molecule has 1 saturated carbocycles. The predicted octanol–water partition coefficient (Wildman–Crippen LogP) is 2.72. The highest BCUT2D eigenvalue weighted by Gasteiger charge is 2.37. The van der Waals surface area contributed by atoms with Crippen LogP contribution in [0.4, 0.5) is 0 Å². The van der Waals surface area contributed by atoms with Crippen molar-refractivity contribution in [2.24, 2.45) is 22.2 Å². The van der Waals surface area contributed by atoms with Gasteiger partial charge in [-0.25, -0.2) is 0 Å². The molecule has 2 N–H and O–H groups in total. The van der Waals surface area contributed by atoms with Gasteiger partial charge in [-0.2, -0.15) is 0 Å². The SMILES string of the molecule is CN=C(NCC(C1CCOC1)N1CCOCC1)NCC1(CC(C)C)CCC1.I. The average molecular weight is 508 g/mol. The van der Waals surface area contributed by atoms with Gasteiger partial charge in [0, 0.05) is 51.8 Å². The predicted molar refractivity (Wildman–Crippen MR) is 126 cm³/mol. The van der Waals surface area contributed by atoms with Gasteiger partial charge >= 0.3 is 0 Å². The molecule has 2 saturated heterocycles. The summed E-state index contributed by atoms with van der Waals surface area (Å²) in [4.78, 5) is 7.07. The molecule has 2 aliphatic heterocycles. The Balaban J connectivity index is 0.00000280. The molecule has 6 nitrogen and oxygen atoms in total. The Bertz CT molecular complexity index is 473. The first-order valence-electron chi connectivity index (χ1n) is 11.0. The minimum absolute atomic E-state index is 0. The molecule has 7 heteroatoms. The van der Waals surface area contributed by atoms with E-state index >= 15 is 0 Å². The summed E-state index contributed by atoms with van der Waals surface area (Å²) in [5, 5.41) is 7.25. The summed E-state index contributed by atoms with van der Waals surface area (Å²) in [6.45, 7) is 12.1. The van der Waals surface area contributed by atoms with Gasteiger partial charge in [-0.15, -0.1) is 24.0 Å². The van der Waals surface area contributed by atoms with E-state index in [1.165, 1.54) is 25.7 Å². The Labute approximate surface area is 188 Å². The number of aliphatic imine (C=N–C) groups is 1. The lowest BCUT2D eigenvalue weighted by Crippen LogP contribution is -2.54. The number of nitrogens with one attached hydrogen (secondary N) is 2. The molecule has 0 radical (unpaired) electrons. The van der Waals surface area contributed by atoms with Crippen LogP contribution in [0.5, 0.6) is 0 Å². The number of rotatable bonds is 8. The molecule has 0 spiro atoms. The van der Waals surface area contributed by atoms with Gasteiger partial charge in [0.15, 0.2) is 5.96 Å². The van der Waals surface area contributed by atoms with Crippen molar-refractivity contribution in [3.05, 3.63) is 0 Å². The fourth-order valence-corrected chi connectivity index (χ4v) is 5.05. The lowest BCUT2D eigenvalue weighted by Gasteiger charge is -2.44. The van der Waals surface area contributed by atoms with Crippen molar-refractivity contribution in [2.75, 3.05) is 59.7 Å². The van der Waals surface area contributed by atoms with Gasteiger partial charge < -0.3 is 20.1 Å². The maximum Gasteiger partial charge on any atom is 0.191 e. The second-order valence-corrected chi connectivity index (χ2v) is 9.10. The van der Waals surface area contributed by atoms with Gasteiger partial charge in [-0.1, -0.05) is 20.3 Å². The van der Waals surface area contributed by atoms with E-state index in [9.17, 15) is 0 Å². The van der Waals surface area contributed by atoms with E-state index in [1.54, 1.807) is 0 Å². The van der Waals surface area contributed by atoms with E-state index in [4.69, 9.17) is 9.47 Å². The first-order chi connectivity index (χ1) is 13.1. The smallest absolute Gasteiger partial charge is 0.191 e. The minimum atomic E-state index is 0. The number of hydrogen-bond donors (Lipinski definition) is 2. The highest BCUT2D eigenvalue weighted by atomic mass is 127. The summed E-state index contributed by atoms with van der Waals surface area (Å²) in [7, 11) is 1.88. The Morgan fingerprint density at radius 3 is 2.43 bits per heavy atom. The van der Waals surface area contributed by atoms with E-state index in [0.717, 1.165) is 70.9 Å². The summed E-state index contributed by atoms with van der Waals surface area (Å²) in [5.74, 6) is 2.31. The maximum atomic E-state index is 5.68. The zero-order chi connectivity index (χ0) is 19.1. The van der Waals surface area contributed by atoms with Crippen molar-refractivity contribution in [3.63, 3.8) is 0 Å². The van der Waals surface area contributed by atoms with E-state index in [0.29, 0.717) is 17.4 Å². The molecule has 3 rings (SSSR count). The van der Waals surface area contributed by atoms with E-state index in [1.807, 2.05) is 7.05 Å². The van der Waals surface area contributed by atoms with E-state index in [-0.39, 0.29) is 24.0 Å². The minimum Gasteiger partial charge on any atom is -0.381 e. The van der Waals surface area contributed by atoms with Crippen molar-refractivity contribution in [2.45, 2.75) is 52.0 Å². The topological polar surface area (TPSA) is 58.1 Å². The number of halogens is 1. The first kappa shape index (κ1) is 24.2. The highest BCUT2D eigenvalue weighted by molar-refractivity contribution is 14.0. The first-order valence-corrected chi connectivity index (χ1v) is 11.0. The van der Waals surface area contributed by atoms with Gasteiger partial charge in [0.05, 0.1) is 19.8 Å². The number of guanidine groups is 1. The van der Waals surface area contributed by atoms with Crippen LogP contribution in [-0.2, 0) is 9.47 Å². The Morgan fingerprint density at radius 1 is 1.14 bits per heavy atom. The summed E-state index contributed by atoms with van der Waals surface area (Å²) < 4.78 is 11.2. The van der Waals surface area contributed by atoms with Crippen molar-refractivity contribution >= 4 is 29.9 Å². The largest absolute Gasteiger partial charge is 0.381 e. The third-order valence-corrected chi connectivity index (χ3v) is 6.61. The van der Waals surface area contributed by atoms with Crippen molar-refractivity contribution in [1.29, 1.82) is 0 Å². The Hall–Kier alpha value is -0.120. The molecular formula is C21H41IN4O2. The third-order valence-electron chi connectivity index (χ3n) is 6.61. The molecular weight excluding hydrogens is 467 g/mol. The van der Waals surface area contributed by atoms with Crippen LogP contribution < -0.4 is 10.6 Å². The second kappa shape index (κ2) is 11.9. The fourth-order valence-electron chi connectivity index (χ4n) is 5.05. The van der Waals surface area contributed by atoms with Gasteiger partial charge in [-0.05, 0) is 37.0 Å². The van der Waals surface area contributed by atoms with Crippen molar-refractivity contribution < 1.29 is 9.47 Å². The van der Waals surface area contributed by atoms with Crippen LogP contribution in [0.2, 0.25) is 0 Å². The van der Waals surface area contributed by atoms with E-state index < -0.39 is 0 Å².